The quantitative estimate of drug-likeness (QED) is 0.400. The molecule has 0 saturated heterocycles. The molecule has 0 amide bonds. The molecule has 160 valence electrons. The van der Waals surface area contributed by atoms with Crippen LogP contribution in [0.25, 0.3) is 22.7 Å². The fourth-order valence-electron chi connectivity index (χ4n) is 3.94. The van der Waals surface area contributed by atoms with Crippen molar-refractivity contribution in [2.45, 2.75) is 40.5 Å². The van der Waals surface area contributed by atoms with Gasteiger partial charge in [0.15, 0.2) is 0 Å². The minimum atomic E-state index is 0.560. The molecular weight excluding hydrogens is 378 g/mol. The van der Waals surface area contributed by atoms with Crippen molar-refractivity contribution in [2.75, 3.05) is 6.61 Å². The topological polar surface area (TPSA) is 14.2 Å². The summed E-state index contributed by atoms with van der Waals surface area (Å²) in [6, 6.07) is 15.1. The third kappa shape index (κ3) is 4.74. The Labute approximate surface area is 186 Å². The summed E-state index contributed by atoms with van der Waals surface area (Å²) in [5.41, 5.74) is 7.44. The average molecular weight is 412 g/mol. The summed E-state index contributed by atoms with van der Waals surface area (Å²) in [6.07, 6.45) is 14.4. The second kappa shape index (κ2) is 10.7. The Morgan fingerprint density at radius 3 is 2.71 bits per heavy atom. The zero-order valence-electron chi connectivity index (χ0n) is 19.2. The van der Waals surface area contributed by atoms with Gasteiger partial charge >= 0.3 is 0 Å². The number of nitrogens with zero attached hydrogens (tertiary/aromatic N) is 1. The van der Waals surface area contributed by atoms with Gasteiger partial charge in [-0.15, -0.1) is 0 Å². The van der Waals surface area contributed by atoms with E-state index in [9.17, 15) is 0 Å². The molecule has 2 nitrogen and oxygen atoms in total. The Kier molecular flexibility index (Phi) is 7.72. The molecule has 1 aliphatic heterocycles. The van der Waals surface area contributed by atoms with Crippen LogP contribution in [0.1, 0.15) is 43.2 Å². The molecular formula is C29H33NO. The smallest absolute Gasteiger partial charge is 0.123 e. The van der Waals surface area contributed by atoms with Crippen molar-refractivity contribution < 1.29 is 4.74 Å². The fourth-order valence-corrected chi connectivity index (χ4v) is 3.94. The summed E-state index contributed by atoms with van der Waals surface area (Å²) in [5, 5.41) is 1.30. The minimum absolute atomic E-state index is 0.560. The van der Waals surface area contributed by atoms with E-state index in [-0.39, 0.29) is 0 Å². The molecule has 0 saturated carbocycles. The van der Waals surface area contributed by atoms with Crippen LogP contribution in [0.4, 0.5) is 0 Å². The van der Waals surface area contributed by atoms with Crippen LogP contribution >= 0.6 is 0 Å². The van der Waals surface area contributed by atoms with E-state index in [4.69, 9.17) is 4.74 Å². The molecule has 0 unspecified atom stereocenters. The largest absolute Gasteiger partial charge is 0.489 e. The van der Waals surface area contributed by atoms with Crippen LogP contribution in [0, 0.1) is 6.92 Å². The first kappa shape index (κ1) is 22.4. The maximum absolute atomic E-state index is 5.95. The van der Waals surface area contributed by atoms with E-state index in [1.54, 1.807) is 0 Å². The average Bonchev–Trinajstić information content (AvgIpc) is 3.14. The summed E-state index contributed by atoms with van der Waals surface area (Å²) in [5.74, 6) is 0.961. The van der Waals surface area contributed by atoms with Crippen LogP contribution in [0.3, 0.4) is 0 Å². The Hall–Kier alpha value is -3.26. The number of ether oxygens (including phenoxy) is 1. The van der Waals surface area contributed by atoms with Crippen LogP contribution in [0.15, 0.2) is 79.4 Å². The van der Waals surface area contributed by atoms with Gasteiger partial charge in [-0.2, -0.15) is 0 Å². The van der Waals surface area contributed by atoms with Crippen molar-refractivity contribution in [3.8, 4) is 5.75 Å². The van der Waals surface area contributed by atoms with E-state index < -0.39 is 0 Å². The molecule has 1 aliphatic rings. The second-order valence-corrected chi connectivity index (χ2v) is 7.30. The van der Waals surface area contributed by atoms with Gasteiger partial charge in [-0.3, -0.25) is 0 Å². The number of allylic oxidation sites excluding steroid dienone is 5. The highest BCUT2D eigenvalue weighted by Crippen LogP contribution is 2.32. The summed E-state index contributed by atoms with van der Waals surface area (Å²) >= 11 is 0. The Balaban J connectivity index is 0.00000132. The first-order valence-electron chi connectivity index (χ1n) is 11.2. The van der Waals surface area contributed by atoms with Crippen LogP contribution in [-0.4, -0.2) is 11.2 Å². The minimum Gasteiger partial charge on any atom is -0.489 e. The molecule has 4 rings (SSSR count). The lowest BCUT2D eigenvalue weighted by molar-refractivity contribution is 0.360. The van der Waals surface area contributed by atoms with Gasteiger partial charge in [0.05, 0.1) is 5.52 Å². The molecule has 0 atom stereocenters. The van der Waals surface area contributed by atoms with Crippen molar-refractivity contribution in [3.05, 3.63) is 102 Å². The molecule has 0 fully saturated rings. The molecule has 1 aromatic heterocycles. The van der Waals surface area contributed by atoms with Crippen molar-refractivity contribution in [3.63, 3.8) is 0 Å². The molecule has 0 aliphatic carbocycles. The third-order valence-electron chi connectivity index (χ3n) is 5.52. The molecule has 0 spiro atoms. The van der Waals surface area contributed by atoms with Gasteiger partial charge in [-0.05, 0) is 72.9 Å². The van der Waals surface area contributed by atoms with Gasteiger partial charge in [0.2, 0.25) is 0 Å². The van der Waals surface area contributed by atoms with Crippen LogP contribution in [-0.2, 0) is 12.8 Å². The molecule has 3 aromatic rings. The summed E-state index contributed by atoms with van der Waals surface area (Å²) in [7, 11) is 0. The Bertz CT molecular complexity index is 1140. The summed E-state index contributed by atoms with van der Waals surface area (Å²) in [6.45, 7) is 12.8. The molecule has 0 bridgehead atoms. The van der Waals surface area contributed by atoms with E-state index in [0.717, 1.165) is 24.3 Å². The first-order valence-corrected chi connectivity index (χ1v) is 11.2. The maximum Gasteiger partial charge on any atom is 0.123 e. The van der Waals surface area contributed by atoms with Crippen LogP contribution < -0.4 is 4.74 Å². The number of rotatable bonds is 4. The highest BCUT2D eigenvalue weighted by molar-refractivity contribution is 5.92. The van der Waals surface area contributed by atoms with E-state index in [1.165, 1.54) is 33.3 Å². The number of hydrogen-bond acceptors (Lipinski definition) is 1. The van der Waals surface area contributed by atoms with Crippen LogP contribution in [0.5, 0.6) is 5.75 Å². The van der Waals surface area contributed by atoms with Gasteiger partial charge in [-0.25, -0.2) is 0 Å². The van der Waals surface area contributed by atoms with Gasteiger partial charge in [0.25, 0.3) is 0 Å². The number of hydrogen-bond donors (Lipinski definition) is 0. The fraction of sp³-hybridized carbons (Fsp3) is 0.241. The standard InChI is InChI=1S/C27H27NO.C2H6/c1-4-6-12-25-20(3)24-19-21(5-2)14-17-26(24)28(25)23-11-9-18-29-27-13-8-7-10-22(27)15-16-23;1-2/h4,6-14,16-17,19H,1,5,15,18H2,2-3H3;1-2H3/b11-9-,12-6-,23-16+;. The number of fused-ring (bicyclic) bond motifs is 2. The third-order valence-corrected chi connectivity index (χ3v) is 5.52. The zero-order valence-corrected chi connectivity index (χ0v) is 19.2. The lowest BCUT2D eigenvalue weighted by Crippen LogP contribution is -1.99. The van der Waals surface area contributed by atoms with Crippen LogP contribution in [0.2, 0.25) is 0 Å². The highest BCUT2D eigenvalue weighted by Gasteiger charge is 2.15. The zero-order chi connectivity index (χ0) is 22.2. The molecule has 2 heterocycles. The lowest BCUT2D eigenvalue weighted by atomic mass is 10.1. The normalized spacial score (nSPS) is 16.1. The number of benzene rings is 2. The first-order chi connectivity index (χ1) is 15.2. The SMILES string of the molecule is C=C/C=C\c1c(C)c2cc(CC)ccc2n1C1=C/Cc2ccccc2OC/C=C\1.CC. The molecule has 31 heavy (non-hydrogen) atoms. The van der Waals surface area contributed by atoms with Crippen molar-refractivity contribution in [2.24, 2.45) is 0 Å². The van der Waals surface area contributed by atoms with Gasteiger partial charge in [0, 0.05) is 16.8 Å². The van der Waals surface area contributed by atoms with Crippen molar-refractivity contribution in [1.82, 2.24) is 4.57 Å². The Morgan fingerprint density at radius 2 is 1.94 bits per heavy atom. The molecule has 2 aromatic carbocycles. The van der Waals surface area contributed by atoms with E-state index in [1.807, 2.05) is 38.1 Å². The monoisotopic (exact) mass is 411 g/mol. The Morgan fingerprint density at radius 1 is 1.13 bits per heavy atom. The molecule has 0 N–H and O–H groups in total. The predicted molar refractivity (Wildman–Crippen MR) is 136 cm³/mol. The molecule has 0 radical (unpaired) electrons. The number of aryl methyl sites for hydroxylation is 2. The summed E-state index contributed by atoms with van der Waals surface area (Å²) < 4.78 is 8.31. The predicted octanol–water partition coefficient (Wildman–Crippen LogP) is 7.77. The highest BCUT2D eigenvalue weighted by atomic mass is 16.5. The van der Waals surface area contributed by atoms with E-state index in [0.29, 0.717) is 6.61 Å². The van der Waals surface area contributed by atoms with Gasteiger partial charge < -0.3 is 9.30 Å². The van der Waals surface area contributed by atoms with Gasteiger partial charge in [0.1, 0.15) is 12.4 Å². The van der Waals surface area contributed by atoms with Crippen molar-refractivity contribution >= 4 is 22.7 Å². The molecule has 2 heteroatoms. The van der Waals surface area contributed by atoms with E-state index in [2.05, 4.69) is 79.6 Å². The van der Waals surface area contributed by atoms with E-state index >= 15 is 0 Å². The number of para-hydroxylation sites is 1. The lowest BCUT2D eigenvalue weighted by Gasteiger charge is -2.11. The van der Waals surface area contributed by atoms with Crippen molar-refractivity contribution in [1.29, 1.82) is 0 Å². The summed E-state index contributed by atoms with van der Waals surface area (Å²) in [4.78, 5) is 0. The second-order valence-electron chi connectivity index (χ2n) is 7.30. The van der Waals surface area contributed by atoms with Gasteiger partial charge in [-0.1, -0.05) is 69.8 Å². The number of aromatic nitrogens is 1. The maximum atomic E-state index is 5.95.